The van der Waals surface area contributed by atoms with Gasteiger partial charge in [0, 0.05) is 16.6 Å². The molecule has 2 aromatic rings. The van der Waals surface area contributed by atoms with Gasteiger partial charge < -0.3 is 20.1 Å². The van der Waals surface area contributed by atoms with Crippen LogP contribution in [0.25, 0.3) is 0 Å². The van der Waals surface area contributed by atoms with Crippen LogP contribution in [-0.2, 0) is 0 Å². The second kappa shape index (κ2) is 6.68. The lowest BCUT2D eigenvalue weighted by atomic mass is 10.1. The molecule has 0 aliphatic carbocycles. The number of urea groups is 1. The molecular weight excluding hydrogens is 384 g/mol. The first-order valence-electron chi connectivity index (χ1n) is 6.95. The predicted molar refractivity (Wildman–Crippen MR) is 92.3 cm³/mol. The third-order valence-corrected chi connectivity index (χ3v) is 4.46. The molecule has 1 aliphatic heterocycles. The number of halogens is 2. The fraction of sp³-hybridized carbons (Fsp3) is 0.188. The molecule has 0 spiro atoms. The van der Waals surface area contributed by atoms with Gasteiger partial charge in [-0.25, -0.2) is 4.79 Å². The molecule has 0 radical (unpaired) electrons. The monoisotopic (exact) mass is 396 g/mol. The summed E-state index contributed by atoms with van der Waals surface area (Å²) in [4.78, 5) is 12.2. The minimum Gasteiger partial charge on any atom is -0.454 e. The lowest BCUT2D eigenvalue weighted by Gasteiger charge is -2.17. The molecule has 23 heavy (non-hydrogen) atoms. The number of nitrogens with one attached hydrogen (secondary N) is 2. The Hall–Kier alpha value is -1.92. The van der Waals surface area contributed by atoms with Crippen LogP contribution < -0.4 is 20.1 Å². The molecule has 2 N–H and O–H groups in total. The molecule has 0 fully saturated rings. The molecule has 2 amide bonds. The van der Waals surface area contributed by atoms with E-state index in [1.165, 1.54) is 0 Å². The Bertz CT molecular complexity index is 754. The lowest BCUT2D eigenvalue weighted by Crippen LogP contribution is -2.31. The first-order chi connectivity index (χ1) is 11.0. The summed E-state index contributed by atoms with van der Waals surface area (Å²) < 4.78 is 11.5. The van der Waals surface area contributed by atoms with Crippen LogP contribution in [0.3, 0.4) is 0 Å². The second-order valence-corrected chi connectivity index (χ2v) is 6.29. The zero-order valence-electron chi connectivity index (χ0n) is 12.2. The van der Waals surface area contributed by atoms with Gasteiger partial charge in [-0.15, -0.1) is 0 Å². The third kappa shape index (κ3) is 3.54. The first-order valence-corrected chi connectivity index (χ1v) is 8.13. The molecule has 0 saturated heterocycles. The van der Waals surface area contributed by atoms with Crippen molar-refractivity contribution >= 4 is 39.2 Å². The summed E-state index contributed by atoms with van der Waals surface area (Å²) in [5.74, 6) is 1.13. The van der Waals surface area contributed by atoms with Crippen LogP contribution in [0.2, 0.25) is 5.02 Å². The summed E-state index contributed by atoms with van der Waals surface area (Å²) in [7, 11) is 0. The van der Waals surface area contributed by atoms with Crippen LogP contribution in [0.1, 0.15) is 18.5 Å². The average molecular weight is 398 g/mol. The number of hydrogen-bond acceptors (Lipinski definition) is 3. The Balaban J connectivity index is 1.69. The van der Waals surface area contributed by atoms with E-state index in [1.54, 1.807) is 12.1 Å². The summed E-state index contributed by atoms with van der Waals surface area (Å²) in [5.41, 5.74) is 1.45. The van der Waals surface area contributed by atoms with Crippen LogP contribution in [0.4, 0.5) is 10.5 Å². The van der Waals surface area contributed by atoms with Crippen molar-refractivity contribution < 1.29 is 14.3 Å². The van der Waals surface area contributed by atoms with Crippen LogP contribution in [0.5, 0.6) is 11.5 Å². The minimum absolute atomic E-state index is 0.153. The summed E-state index contributed by atoms with van der Waals surface area (Å²) >= 11 is 9.62. The van der Waals surface area contributed by atoms with Crippen molar-refractivity contribution in [3.8, 4) is 11.5 Å². The Morgan fingerprint density at radius 2 is 1.96 bits per heavy atom. The number of fused-ring (bicyclic) bond motifs is 1. The van der Waals surface area contributed by atoms with Crippen molar-refractivity contribution in [3.63, 3.8) is 0 Å². The molecule has 1 atom stereocenters. The number of carbonyl (C=O) groups excluding carboxylic acids is 1. The maximum atomic E-state index is 12.2. The van der Waals surface area contributed by atoms with Gasteiger partial charge in [0.1, 0.15) is 0 Å². The van der Waals surface area contributed by atoms with Crippen molar-refractivity contribution in [2.45, 2.75) is 13.0 Å². The molecular formula is C16H14BrClN2O3. The summed E-state index contributed by atoms with van der Waals surface area (Å²) in [6.07, 6.45) is 0. The molecule has 0 saturated carbocycles. The van der Waals surface area contributed by atoms with E-state index in [9.17, 15) is 4.79 Å². The molecule has 1 unspecified atom stereocenters. The van der Waals surface area contributed by atoms with Gasteiger partial charge in [-0.05, 0) is 18.6 Å². The normalized spacial score (nSPS) is 13.5. The first kappa shape index (κ1) is 16.0. The smallest absolute Gasteiger partial charge is 0.319 e. The van der Waals surface area contributed by atoms with Gasteiger partial charge in [0.15, 0.2) is 11.5 Å². The van der Waals surface area contributed by atoms with Gasteiger partial charge in [0.25, 0.3) is 0 Å². The van der Waals surface area contributed by atoms with Gasteiger partial charge in [-0.2, -0.15) is 0 Å². The summed E-state index contributed by atoms with van der Waals surface area (Å²) in [6.45, 7) is 2.06. The maximum absolute atomic E-state index is 12.2. The van der Waals surface area contributed by atoms with E-state index in [2.05, 4.69) is 26.6 Å². The van der Waals surface area contributed by atoms with Crippen LogP contribution >= 0.6 is 27.5 Å². The van der Waals surface area contributed by atoms with E-state index in [1.807, 2.05) is 31.2 Å². The highest BCUT2D eigenvalue weighted by Crippen LogP contribution is 2.39. The number of hydrogen-bond donors (Lipinski definition) is 2. The number of benzene rings is 2. The second-order valence-electron chi connectivity index (χ2n) is 5.03. The highest BCUT2D eigenvalue weighted by atomic mass is 79.9. The van der Waals surface area contributed by atoms with Crippen LogP contribution in [0, 0.1) is 0 Å². The fourth-order valence-corrected chi connectivity index (χ4v) is 3.10. The summed E-state index contributed by atoms with van der Waals surface area (Å²) in [5, 5.41) is 5.98. The molecule has 0 aromatic heterocycles. The molecule has 5 nitrogen and oxygen atoms in total. The van der Waals surface area contributed by atoms with E-state index in [0.717, 1.165) is 10.0 Å². The maximum Gasteiger partial charge on any atom is 0.319 e. The Labute approximate surface area is 147 Å². The zero-order chi connectivity index (χ0) is 16.4. The number of anilines is 1. The Kier molecular flexibility index (Phi) is 4.63. The quantitative estimate of drug-likeness (QED) is 0.788. The van der Waals surface area contributed by atoms with E-state index in [4.69, 9.17) is 21.1 Å². The number of amides is 2. The third-order valence-electron chi connectivity index (χ3n) is 3.43. The highest BCUT2D eigenvalue weighted by Gasteiger charge is 2.18. The summed E-state index contributed by atoms with van der Waals surface area (Å²) in [6, 6.07) is 10.5. The van der Waals surface area contributed by atoms with E-state index in [-0.39, 0.29) is 18.9 Å². The SMILES string of the molecule is CC(NC(=O)Nc1cc2c(cc1Cl)OCO2)c1ccccc1Br. The van der Waals surface area contributed by atoms with Crippen molar-refractivity contribution in [1.82, 2.24) is 5.32 Å². The van der Waals surface area contributed by atoms with E-state index < -0.39 is 0 Å². The largest absolute Gasteiger partial charge is 0.454 e. The highest BCUT2D eigenvalue weighted by molar-refractivity contribution is 9.10. The van der Waals surface area contributed by atoms with Crippen LogP contribution in [-0.4, -0.2) is 12.8 Å². The zero-order valence-corrected chi connectivity index (χ0v) is 14.6. The molecule has 7 heteroatoms. The van der Waals surface area contributed by atoms with E-state index in [0.29, 0.717) is 22.2 Å². The van der Waals surface area contributed by atoms with Crippen molar-refractivity contribution in [2.75, 3.05) is 12.1 Å². The van der Waals surface area contributed by atoms with Gasteiger partial charge in [0.05, 0.1) is 16.8 Å². The Morgan fingerprint density at radius 1 is 1.26 bits per heavy atom. The molecule has 2 aromatic carbocycles. The minimum atomic E-state index is -0.353. The van der Waals surface area contributed by atoms with Crippen molar-refractivity contribution in [1.29, 1.82) is 0 Å². The van der Waals surface area contributed by atoms with Crippen molar-refractivity contribution in [2.24, 2.45) is 0 Å². The number of ether oxygens (including phenoxy) is 2. The fourth-order valence-electron chi connectivity index (χ4n) is 2.27. The van der Waals surface area contributed by atoms with Gasteiger partial charge in [0.2, 0.25) is 6.79 Å². The molecule has 1 heterocycles. The molecule has 3 rings (SSSR count). The topological polar surface area (TPSA) is 59.6 Å². The van der Waals surface area contributed by atoms with Gasteiger partial charge >= 0.3 is 6.03 Å². The molecule has 1 aliphatic rings. The van der Waals surface area contributed by atoms with Crippen LogP contribution in [0.15, 0.2) is 40.9 Å². The lowest BCUT2D eigenvalue weighted by molar-refractivity contribution is 0.174. The van der Waals surface area contributed by atoms with E-state index >= 15 is 0 Å². The number of carbonyl (C=O) groups is 1. The van der Waals surface area contributed by atoms with Crippen molar-refractivity contribution in [3.05, 3.63) is 51.5 Å². The molecule has 0 bridgehead atoms. The Morgan fingerprint density at radius 3 is 2.70 bits per heavy atom. The van der Waals surface area contributed by atoms with Gasteiger partial charge in [-0.1, -0.05) is 45.7 Å². The predicted octanol–water partition coefficient (Wildman–Crippen LogP) is 4.71. The van der Waals surface area contributed by atoms with Gasteiger partial charge in [-0.3, -0.25) is 0 Å². The molecule has 120 valence electrons. The average Bonchev–Trinajstić information content (AvgIpc) is 2.94. The number of rotatable bonds is 3. The standard InChI is InChI=1S/C16H14BrClN2O3/c1-9(10-4-2-3-5-11(10)17)19-16(21)20-13-7-15-14(6-12(13)18)22-8-23-15/h2-7,9H,8H2,1H3,(H2,19,20,21).